The van der Waals surface area contributed by atoms with Crippen molar-refractivity contribution in [1.82, 2.24) is 20.6 Å². The highest BCUT2D eigenvalue weighted by Crippen LogP contribution is 2.21. The molecule has 0 saturated heterocycles. The molecule has 5 nitrogen and oxygen atoms in total. The number of nitrogens with one attached hydrogen (secondary N) is 2. The number of urea groups is 1. The van der Waals surface area contributed by atoms with Crippen molar-refractivity contribution in [2.45, 2.75) is 25.9 Å². The first-order chi connectivity index (χ1) is 12.6. The first kappa shape index (κ1) is 17.6. The summed E-state index contributed by atoms with van der Waals surface area (Å²) in [5.41, 5.74) is 4.24. The maximum absolute atomic E-state index is 12.3. The fraction of sp³-hybridized carbons (Fsp3) is 0.190. The third-order valence-corrected chi connectivity index (χ3v) is 4.31. The summed E-state index contributed by atoms with van der Waals surface area (Å²) >= 11 is 0. The molecule has 0 spiro atoms. The number of amides is 2. The Kier molecular flexibility index (Phi) is 5.59. The Morgan fingerprint density at radius 1 is 0.769 bits per heavy atom. The van der Waals surface area contributed by atoms with Gasteiger partial charge >= 0.3 is 6.03 Å². The van der Waals surface area contributed by atoms with Crippen LogP contribution in [0.25, 0.3) is 11.1 Å². The van der Waals surface area contributed by atoms with Gasteiger partial charge in [-0.25, -0.2) is 4.79 Å². The number of benzene rings is 1. The Morgan fingerprint density at radius 2 is 1.38 bits per heavy atom. The van der Waals surface area contributed by atoms with Crippen LogP contribution in [0.1, 0.15) is 37.1 Å². The van der Waals surface area contributed by atoms with Crippen LogP contribution in [-0.2, 0) is 0 Å². The van der Waals surface area contributed by atoms with Crippen molar-refractivity contribution >= 4 is 6.03 Å². The van der Waals surface area contributed by atoms with Gasteiger partial charge in [0, 0.05) is 24.8 Å². The van der Waals surface area contributed by atoms with Crippen LogP contribution in [0.3, 0.4) is 0 Å². The quantitative estimate of drug-likeness (QED) is 0.725. The molecule has 2 N–H and O–H groups in total. The van der Waals surface area contributed by atoms with Gasteiger partial charge in [0.05, 0.1) is 12.1 Å². The number of aromatic nitrogens is 2. The molecule has 2 aromatic heterocycles. The van der Waals surface area contributed by atoms with E-state index < -0.39 is 0 Å². The molecule has 0 saturated carbocycles. The Labute approximate surface area is 153 Å². The fourth-order valence-electron chi connectivity index (χ4n) is 2.75. The molecule has 0 aliphatic heterocycles. The van der Waals surface area contributed by atoms with Crippen molar-refractivity contribution in [3.05, 3.63) is 84.4 Å². The molecule has 0 bridgehead atoms. The molecule has 2 heterocycles. The second-order valence-electron chi connectivity index (χ2n) is 6.21. The molecule has 2 amide bonds. The van der Waals surface area contributed by atoms with E-state index in [1.807, 2.05) is 68.6 Å². The number of carbonyl (C=O) groups excluding carboxylic acids is 1. The summed E-state index contributed by atoms with van der Waals surface area (Å²) in [4.78, 5) is 20.4. The molecular weight excluding hydrogens is 324 g/mol. The number of rotatable bonds is 5. The van der Waals surface area contributed by atoms with Gasteiger partial charge in [-0.15, -0.1) is 0 Å². The third-order valence-electron chi connectivity index (χ3n) is 4.31. The van der Waals surface area contributed by atoms with E-state index in [0.29, 0.717) is 0 Å². The molecule has 26 heavy (non-hydrogen) atoms. The molecule has 3 aromatic rings. The van der Waals surface area contributed by atoms with Crippen LogP contribution in [0.2, 0.25) is 0 Å². The molecule has 5 heteroatoms. The summed E-state index contributed by atoms with van der Waals surface area (Å²) in [6.45, 7) is 3.91. The summed E-state index contributed by atoms with van der Waals surface area (Å²) in [7, 11) is 0. The Morgan fingerprint density at radius 3 is 1.96 bits per heavy atom. The molecule has 132 valence electrons. The molecular formula is C21H22N4O. The van der Waals surface area contributed by atoms with Crippen LogP contribution in [0.5, 0.6) is 0 Å². The van der Waals surface area contributed by atoms with Crippen LogP contribution >= 0.6 is 0 Å². The van der Waals surface area contributed by atoms with Crippen molar-refractivity contribution < 1.29 is 4.79 Å². The van der Waals surface area contributed by atoms with E-state index in [9.17, 15) is 4.79 Å². The number of nitrogens with zero attached hydrogens (tertiary/aromatic N) is 2. The second kappa shape index (κ2) is 8.25. The van der Waals surface area contributed by atoms with Gasteiger partial charge in [0.1, 0.15) is 0 Å². The van der Waals surface area contributed by atoms with Crippen molar-refractivity contribution in [1.29, 1.82) is 0 Å². The number of pyridine rings is 2. The Bertz CT molecular complexity index is 835. The van der Waals surface area contributed by atoms with Crippen LogP contribution in [-0.4, -0.2) is 16.0 Å². The van der Waals surface area contributed by atoms with Gasteiger partial charge in [0.15, 0.2) is 0 Å². The summed E-state index contributed by atoms with van der Waals surface area (Å²) in [5.74, 6) is 0. The summed E-state index contributed by atoms with van der Waals surface area (Å²) in [5, 5.41) is 5.93. The van der Waals surface area contributed by atoms with E-state index >= 15 is 0 Å². The molecule has 2 atom stereocenters. The lowest BCUT2D eigenvalue weighted by atomic mass is 10.0. The maximum Gasteiger partial charge on any atom is 0.315 e. The fourth-order valence-corrected chi connectivity index (χ4v) is 2.75. The van der Waals surface area contributed by atoms with E-state index in [1.165, 1.54) is 0 Å². The average Bonchev–Trinajstić information content (AvgIpc) is 2.69. The van der Waals surface area contributed by atoms with E-state index in [2.05, 4.69) is 20.6 Å². The molecule has 3 rings (SSSR count). The minimum absolute atomic E-state index is 0.0850. The second-order valence-corrected chi connectivity index (χ2v) is 6.21. The summed E-state index contributed by atoms with van der Waals surface area (Å²) in [6.07, 6.45) is 7.04. The minimum Gasteiger partial charge on any atom is -0.332 e. The summed E-state index contributed by atoms with van der Waals surface area (Å²) in [6, 6.07) is 15.5. The summed E-state index contributed by atoms with van der Waals surface area (Å²) < 4.78 is 0. The van der Waals surface area contributed by atoms with Crippen molar-refractivity contribution in [2.24, 2.45) is 0 Å². The van der Waals surface area contributed by atoms with Gasteiger partial charge < -0.3 is 10.6 Å². The molecule has 1 aromatic carbocycles. The minimum atomic E-state index is -0.196. The SMILES string of the molecule is C[C@H](NC(=O)N[C@@H](C)c1ccc(-c2cccnc2)cc1)c1ccncc1. The molecule has 0 unspecified atom stereocenters. The maximum atomic E-state index is 12.3. The van der Waals surface area contributed by atoms with Crippen LogP contribution < -0.4 is 10.6 Å². The highest BCUT2D eigenvalue weighted by atomic mass is 16.2. The highest BCUT2D eigenvalue weighted by Gasteiger charge is 2.13. The Hall–Kier alpha value is -3.21. The first-order valence-electron chi connectivity index (χ1n) is 8.61. The molecule has 0 radical (unpaired) electrons. The van der Waals surface area contributed by atoms with Crippen molar-refractivity contribution in [3.63, 3.8) is 0 Å². The van der Waals surface area contributed by atoms with Gasteiger partial charge in [0.2, 0.25) is 0 Å². The highest BCUT2D eigenvalue weighted by molar-refractivity contribution is 5.75. The lowest BCUT2D eigenvalue weighted by molar-refractivity contribution is 0.235. The topological polar surface area (TPSA) is 66.9 Å². The van der Waals surface area contributed by atoms with Crippen LogP contribution in [0.4, 0.5) is 4.79 Å². The van der Waals surface area contributed by atoms with Crippen LogP contribution in [0.15, 0.2) is 73.3 Å². The molecule has 0 fully saturated rings. The van der Waals surface area contributed by atoms with Crippen LogP contribution in [0, 0.1) is 0 Å². The zero-order valence-corrected chi connectivity index (χ0v) is 14.9. The van der Waals surface area contributed by atoms with Gasteiger partial charge in [-0.05, 0) is 54.3 Å². The zero-order valence-electron chi connectivity index (χ0n) is 14.9. The number of carbonyl (C=O) groups is 1. The lowest BCUT2D eigenvalue weighted by Crippen LogP contribution is -2.38. The largest absolute Gasteiger partial charge is 0.332 e. The van der Waals surface area contributed by atoms with Crippen molar-refractivity contribution in [3.8, 4) is 11.1 Å². The van der Waals surface area contributed by atoms with Gasteiger partial charge in [-0.3, -0.25) is 9.97 Å². The predicted molar refractivity (Wildman–Crippen MR) is 102 cm³/mol. The normalized spacial score (nSPS) is 12.8. The number of hydrogen-bond acceptors (Lipinski definition) is 3. The first-order valence-corrected chi connectivity index (χ1v) is 8.61. The smallest absolute Gasteiger partial charge is 0.315 e. The van der Waals surface area contributed by atoms with E-state index in [0.717, 1.165) is 22.3 Å². The zero-order chi connectivity index (χ0) is 18.4. The molecule has 0 aliphatic rings. The van der Waals surface area contributed by atoms with E-state index in [1.54, 1.807) is 18.6 Å². The van der Waals surface area contributed by atoms with Crippen molar-refractivity contribution in [2.75, 3.05) is 0 Å². The monoisotopic (exact) mass is 346 g/mol. The van der Waals surface area contributed by atoms with E-state index in [4.69, 9.17) is 0 Å². The van der Waals surface area contributed by atoms with Gasteiger partial charge in [0.25, 0.3) is 0 Å². The third kappa shape index (κ3) is 4.45. The Balaban J connectivity index is 1.59. The van der Waals surface area contributed by atoms with Gasteiger partial charge in [-0.2, -0.15) is 0 Å². The predicted octanol–water partition coefficient (Wildman–Crippen LogP) is 4.27. The lowest BCUT2D eigenvalue weighted by Gasteiger charge is -2.19. The standard InChI is InChI=1S/C21H22N4O/c1-15(24-21(26)25-16(2)18-9-12-22-13-10-18)17-5-7-19(8-6-17)20-4-3-11-23-14-20/h3-16H,1-2H3,(H2,24,25,26)/t15-,16-/m0/s1. The number of hydrogen-bond donors (Lipinski definition) is 2. The van der Waals surface area contributed by atoms with Gasteiger partial charge in [-0.1, -0.05) is 30.3 Å². The van der Waals surface area contributed by atoms with E-state index in [-0.39, 0.29) is 18.1 Å². The average molecular weight is 346 g/mol. The molecule has 0 aliphatic carbocycles.